The molecule has 1 atom stereocenters. The van der Waals surface area contributed by atoms with Gasteiger partial charge in [0.2, 0.25) is 10.0 Å². The Kier molecular flexibility index (Phi) is 4.37. The minimum Gasteiger partial charge on any atom is -0.396 e. The van der Waals surface area contributed by atoms with Crippen molar-refractivity contribution in [3.63, 3.8) is 0 Å². The van der Waals surface area contributed by atoms with Gasteiger partial charge in [0.05, 0.1) is 10.6 Å². The molecule has 1 aliphatic rings. The summed E-state index contributed by atoms with van der Waals surface area (Å²) in [6, 6.07) is 2.28. The summed E-state index contributed by atoms with van der Waals surface area (Å²) in [7, 11) is -3.64. The first-order valence-corrected chi connectivity index (χ1v) is 8.69. The van der Waals surface area contributed by atoms with Crippen molar-refractivity contribution in [1.82, 2.24) is 4.72 Å². The number of thioether (sulfide) groups is 1. The number of rotatable bonds is 3. The van der Waals surface area contributed by atoms with E-state index in [1.807, 2.05) is 0 Å². The van der Waals surface area contributed by atoms with E-state index in [-0.39, 0.29) is 16.6 Å². The Morgan fingerprint density at radius 1 is 1.47 bits per heavy atom. The van der Waals surface area contributed by atoms with Crippen LogP contribution in [0.15, 0.2) is 17.0 Å². The molecule has 1 fully saturated rings. The number of benzene rings is 1. The van der Waals surface area contributed by atoms with Crippen LogP contribution >= 0.6 is 11.8 Å². The van der Waals surface area contributed by atoms with Crippen molar-refractivity contribution in [1.29, 1.82) is 0 Å². The van der Waals surface area contributed by atoms with E-state index in [2.05, 4.69) is 4.72 Å². The molecule has 7 heteroatoms. The minimum atomic E-state index is -3.64. The third-order valence-electron chi connectivity index (χ3n) is 3.07. The van der Waals surface area contributed by atoms with Crippen molar-refractivity contribution < 1.29 is 12.8 Å². The quantitative estimate of drug-likeness (QED) is 0.837. The normalized spacial score (nSPS) is 20.4. The van der Waals surface area contributed by atoms with E-state index < -0.39 is 15.8 Å². The van der Waals surface area contributed by atoms with E-state index in [1.165, 1.54) is 6.07 Å². The van der Waals surface area contributed by atoms with Gasteiger partial charge in [-0.05, 0) is 43.2 Å². The SMILES string of the molecule is Cc1cc(F)c(N)cc1S(=O)(=O)NC1CCCSC1. The molecule has 19 heavy (non-hydrogen) atoms. The van der Waals surface area contributed by atoms with Crippen LogP contribution in [0, 0.1) is 12.7 Å². The van der Waals surface area contributed by atoms with E-state index in [1.54, 1.807) is 18.7 Å². The lowest BCUT2D eigenvalue weighted by molar-refractivity contribution is 0.542. The topological polar surface area (TPSA) is 72.2 Å². The van der Waals surface area contributed by atoms with Crippen molar-refractivity contribution in [2.75, 3.05) is 17.2 Å². The Labute approximate surface area is 117 Å². The zero-order valence-electron chi connectivity index (χ0n) is 10.6. The lowest BCUT2D eigenvalue weighted by atomic mass is 10.2. The van der Waals surface area contributed by atoms with Gasteiger partial charge in [-0.3, -0.25) is 0 Å². The van der Waals surface area contributed by atoms with E-state index in [0.717, 1.165) is 30.4 Å². The fourth-order valence-electron chi connectivity index (χ4n) is 2.07. The molecule has 0 bridgehead atoms. The average Bonchev–Trinajstić information content (AvgIpc) is 2.34. The highest BCUT2D eigenvalue weighted by Crippen LogP contribution is 2.23. The fraction of sp³-hybridized carbons (Fsp3) is 0.500. The Morgan fingerprint density at radius 2 is 2.21 bits per heavy atom. The molecule has 3 N–H and O–H groups in total. The summed E-state index contributed by atoms with van der Waals surface area (Å²) in [6.07, 6.45) is 1.84. The second-order valence-electron chi connectivity index (χ2n) is 4.67. The van der Waals surface area contributed by atoms with E-state index in [4.69, 9.17) is 5.73 Å². The van der Waals surface area contributed by atoms with Crippen LogP contribution in [0.5, 0.6) is 0 Å². The highest BCUT2D eigenvalue weighted by Gasteiger charge is 2.24. The lowest BCUT2D eigenvalue weighted by Crippen LogP contribution is -2.38. The van der Waals surface area contributed by atoms with Gasteiger partial charge < -0.3 is 5.73 Å². The molecule has 0 aliphatic carbocycles. The van der Waals surface area contributed by atoms with Crippen LogP contribution in [-0.4, -0.2) is 26.0 Å². The van der Waals surface area contributed by atoms with Crippen molar-refractivity contribution >= 4 is 27.5 Å². The number of sulfonamides is 1. The Hall–Kier alpha value is -0.790. The van der Waals surface area contributed by atoms with Crippen LogP contribution in [-0.2, 0) is 10.0 Å². The van der Waals surface area contributed by atoms with Crippen LogP contribution in [0.3, 0.4) is 0 Å². The van der Waals surface area contributed by atoms with Crippen LogP contribution in [0.1, 0.15) is 18.4 Å². The molecule has 0 aromatic heterocycles. The van der Waals surface area contributed by atoms with Crippen molar-refractivity contribution in [3.05, 3.63) is 23.5 Å². The number of nitrogens with one attached hydrogen (secondary N) is 1. The van der Waals surface area contributed by atoms with Crippen LogP contribution in [0.4, 0.5) is 10.1 Å². The highest BCUT2D eigenvalue weighted by atomic mass is 32.2. The first-order valence-electron chi connectivity index (χ1n) is 6.06. The molecule has 0 amide bonds. The second kappa shape index (κ2) is 5.68. The van der Waals surface area contributed by atoms with Gasteiger partial charge in [-0.15, -0.1) is 0 Å². The van der Waals surface area contributed by atoms with Crippen molar-refractivity contribution in [2.24, 2.45) is 0 Å². The molecule has 1 unspecified atom stereocenters. The molecular formula is C12H17FN2O2S2. The number of aryl methyl sites for hydroxylation is 1. The molecule has 0 saturated carbocycles. The molecular weight excluding hydrogens is 287 g/mol. The summed E-state index contributed by atoms with van der Waals surface area (Å²) < 4.78 is 40.5. The highest BCUT2D eigenvalue weighted by molar-refractivity contribution is 7.99. The van der Waals surface area contributed by atoms with Gasteiger partial charge >= 0.3 is 0 Å². The first-order chi connectivity index (χ1) is 8.90. The van der Waals surface area contributed by atoms with Gasteiger partial charge in [0, 0.05) is 11.8 Å². The number of nitrogens with two attached hydrogens (primary N) is 1. The smallest absolute Gasteiger partial charge is 0.241 e. The zero-order valence-corrected chi connectivity index (χ0v) is 12.3. The number of hydrogen-bond acceptors (Lipinski definition) is 4. The van der Waals surface area contributed by atoms with Crippen molar-refractivity contribution in [2.45, 2.75) is 30.7 Å². The van der Waals surface area contributed by atoms with Crippen molar-refractivity contribution in [3.8, 4) is 0 Å². The summed E-state index contributed by atoms with van der Waals surface area (Å²) in [5, 5.41) is 0. The molecule has 106 valence electrons. The molecule has 0 spiro atoms. The number of hydrogen-bond donors (Lipinski definition) is 2. The predicted octanol–water partition coefficient (Wildman–Crippen LogP) is 1.89. The first kappa shape index (κ1) is 14.6. The number of halogens is 1. The van der Waals surface area contributed by atoms with Gasteiger partial charge in [-0.1, -0.05) is 0 Å². The summed E-state index contributed by atoms with van der Waals surface area (Å²) >= 11 is 1.74. The monoisotopic (exact) mass is 304 g/mol. The molecule has 1 aromatic carbocycles. The average molecular weight is 304 g/mol. The minimum absolute atomic E-state index is 0.0574. The second-order valence-corrected chi connectivity index (χ2v) is 7.51. The van der Waals surface area contributed by atoms with E-state index in [0.29, 0.717) is 5.56 Å². The molecule has 1 heterocycles. The van der Waals surface area contributed by atoms with Gasteiger partial charge in [-0.2, -0.15) is 11.8 Å². The maximum Gasteiger partial charge on any atom is 0.241 e. The van der Waals surface area contributed by atoms with Gasteiger partial charge in [0.1, 0.15) is 5.82 Å². The van der Waals surface area contributed by atoms with Gasteiger partial charge in [0.25, 0.3) is 0 Å². The molecule has 2 rings (SSSR count). The standard InChI is InChI=1S/C12H17FN2O2S2/c1-8-5-10(13)11(14)6-12(8)19(16,17)15-9-3-2-4-18-7-9/h5-6,9,15H,2-4,7,14H2,1H3. The van der Waals surface area contributed by atoms with E-state index >= 15 is 0 Å². The zero-order chi connectivity index (χ0) is 14.0. The molecule has 1 aliphatic heterocycles. The molecule has 1 aromatic rings. The molecule has 0 radical (unpaired) electrons. The summed E-state index contributed by atoms with van der Waals surface area (Å²) in [5.74, 6) is 1.25. The molecule has 1 saturated heterocycles. The fourth-order valence-corrected chi connectivity index (χ4v) is 4.78. The van der Waals surface area contributed by atoms with Crippen LogP contribution in [0.2, 0.25) is 0 Å². The maximum absolute atomic E-state index is 13.3. The summed E-state index contributed by atoms with van der Waals surface area (Å²) in [4.78, 5) is 0.0574. The number of nitrogen functional groups attached to an aromatic ring is 1. The van der Waals surface area contributed by atoms with E-state index in [9.17, 15) is 12.8 Å². The van der Waals surface area contributed by atoms with Crippen LogP contribution in [0.25, 0.3) is 0 Å². The molecule has 4 nitrogen and oxygen atoms in total. The number of anilines is 1. The summed E-state index contributed by atoms with van der Waals surface area (Å²) in [6.45, 7) is 1.56. The lowest BCUT2D eigenvalue weighted by Gasteiger charge is -2.22. The van der Waals surface area contributed by atoms with Gasteiger partial charge in [0.15, 0.2) is 0 Å². The third-order valence-corrected chi connectivity index (χ3v) is 5.94. The Bertz CT molecular complexity index is 569. The largest absolute Gasteiger partial charge is 0.396 e. The third kappa shape index (κ3) is 3.40. The van der Waals surface area contributed by atoms with Crippen LogP contribution < -0.4 is 10.5 Å². The predicted molar refractivity (Wildman–Crippen MR) is 76.2 cm³/mol. The summed E-state index contributed by atoms with van der Waals surface area (Å²) in [5.41, 5.74) is 5.66. The van der Waals surface area contributed by atoms with Gasteiger partial charge in [-0.25, -0.2) is 17.5 Å². The Morgan fingerprint density at radius 3 is 2.84 bits per heavy atom. The maximum atomic E-state index is 13.3. The Balaban J connectivity index is 2.26.